The number of anilines is 1. The minimum Gasteiger partial charge on any atom is -0.338 e. The average molecular weight is 358 g/mol. The van der Waals surface area contributed by atoms with Crippen molar-refractivity contribution in [3.8, 4) is 0 Å². The van der Waals surface area contributed by atoms with Crippen LogP contribution >= 0.6 is 24.2 Å². The summed E-state index contributed by atoms with van der Waals surface area (Å²) in [5.41, 5.74) is 7.64. The molecule has 3 N–H and O–H groups in total. The highest BCUT2D eigenvalue weighted by atomic mass is 35.5. The Bertz CT molecular complexity index is 525. The van der Waals surface area contributed by atoms with E-state index in [1.165, 1.54) is 0 Å². The van der Waals surface area contributed by atoms with Crippen molar-refractivity contribution in [3.05, 3.63) is 29.8 Å². The summed E-state index contributed by atoms with van der Waals surface area (Å²) >= 11 is 1.68. The van der Waals surface area contributed by atoms with E-state index in [2.05, 4.69) is 5.32 Å². The number of nitrogens with two attached hydrogens (primary N) is 1. The first-order valence-corrected chi connectivity index (χ1v) is 8.91. The van der Waals surface area contributed by atoms with E-state index < -0.39 is 6.04 Å². The minimum absolute atomic E-state index is 0. The Kier molecular flexibility index (Phi) is 8.44. The number of hydrogen-bond donors (Lipinski definition) is 2. The van der Waals surface area contributed by atoms with Crippen molar-refractivity contribution in [3.63, 3.8) is 0 Å². The van der Waals surface area contributed by atoms with Gasteiger partial charge in [0.2, 0.25) is 11.8 Å². The van der Waals surface area contributed by atoms with Crippen molar-refractivity contribution < 1.29 is 9.59 Å². The SMILES string of the molecule is CSCC[C@H](N)C(=O)Nc1ccc(CN2CCCC2=O)cc1.Cl. The van der Waals surface area contributed by atoms with Gasteiger partial charge in [0, 0.05) is 25.2 Å². The normalized spacial score (nSPS) is 15.2. The summed E-state index contributed by atoms with van der Waals surface area (Å²) in [6, 6.07) is 7.11. The van der Waals surface area contributed by atoms with E-state index in [-0.39, 0.29) is 24.2 Å². The average Bonchev–Trinajstić information content (AvgIpc) is 2.92. The monoisotopic (exact) mass is 357 g/mol. The van der Waals surface area contributed by atoms with E-state index in [0.717, 1.165) is 30.0 Å². The lowest BCUT2D eigenvalue weighted by Crippen LogP contribution is -2.36. The molecule has 1 aromatic rings. The molecule has 1 saturated heterocycles. The number of rotatable bonds is 7. The number of nitrogens with one attached hydrogen (secondary N) is 1. The number of likely N-dealkylation sites (tertiary alicyclic amines) is 1. The number of amides is 2. The molecule has 1 aliphatic heterocycles. The molecule has 7 heteroatoms. The summed E-state index contributed by atoms with van der Waals surface area (Å²) in [5.74, 6) is 0.936. The molecule has 1 atom stereocenters. The van der Waals surface area contributed by atoms with E-state index in [0.29, 0.717) is 19.4 Å². The molecular weight excluding hydrogens is 334 g/mol. The highest BCUT2D eigenvalue weighted by Gasteiger charge is 2.20. The highest BCUT2D eigenvalue weighted by molar-refractivity contribution is 7.98. The number of nitrogens with zero attached hydrogens (tertiary/aromatic N) is 1. The van der Waals surface area contributed by atoms with Gasteiger partial charge < -0.3 is 16.0 Å². The molecule has 1 aromatic carbocycles. The van der Waals surface area contributed by atoms with Crippen LogP contribution in [0.3, 0.4) is 0 Å². The maximum absolute atomic E-state index is 11.9. The van der Waals surface area contributed by atoms with Gasteiger partial charge in [-0.05, 0) is 42.5 Å². The molecule has 0 bridgehead atoms. The molecule has 1 aliphatic rings. The molecule has 0 unspecified atom stereocenters. The Morgan fingerprint density at radius 1 is 1.39 bits per heavy atom. The summed E-state index contributed by atoms with van der Waals surface area (Å²) in [6.45, 7) is 1.47. The number of benzene rings is 1. The third-order valence-electron chi connectivity index (χ3n) is 3.74. The summed E-state index contributed by atoms with van der Waals surface area (Å²) in [7, 11) is 0. The van der Waals surface area contributed by atoms with Crippen LogP contribution in [0.2, 0.25) is 0 Å². The standard InChI is InChI=1S/C16H23N3O2S.ClH/c1-22-10-8-14(17)16(21)18-13-6-4-12(5-7-13)11-19-9-2-3-15(19)20;/h4-7,14H,2-3,8-11,17H2,1H3,(H,18,21);1H/t14-;/m0./s1. The van der Waals surface area contributed by atoms with Gasteiger partial charge in [0.05, 0.1) is 6.04 Å². The van der Waals surface area contributed by atoms with Gasteiger partial charge in [0.15, 0.2) is 0 Å². The minimum atomic E-state index is -0.477. The first kappa shape index (κ1) is 19.8. The van der Waals surface area contributed by atoms with Crippen molar-refractivity contribution in [2.75, 3.05) is 23.9 Å². The fourth-order valence-electron chi connectivity index (χ4n) is 2.40. The Morgan fingerprint density at radius 3 is 2.65 bits per heavy atom. The lowest BCUT2D eigenvalue weighted by molar-refractivity contribution is -0.128. The van der Waals surface area contributed by atoms with E-state index in [1.807, 2.05) is 35.4 Å². The second-order valence-electron chi connectivity index (χ2n) is 5.49. The van der Waals surface area contributed by atoms with Crippen molar-refractivity contribution >= 4 is 41.7 Å². The zero-order valence-corrected chi connectivity index (χ0v) is 14.9. The van der Waals surface area contributed by atoms with Crippen LogP contribution in [0.4, 0.5) is 5.69 Å². The second-order valence-corrected chi connectivity index (χ2v) is 6.48. The van der Waals surface area contributed by atoms with Crippen LogP contribution in [0.15, 0.2) is 24.3 Å². The smallest absolute Gasteiger partial charge is 0.241 e. The van der Waals surface area contributed by atoms with Crippen molar-refractivity contribution in [1.29, 1.82) is 0 Å². The quantitative estimate of drug-likeness (QED) is 0.784. The zero-order valence-electron chi connectivity index (χ0n) is 13.3. The number of carbonyl (C=O) groups excluding carboxylic acids is 2. The van der Waals surface area contributed by atoms with Crippen LogP contribution in [0, 0.1) is 0 Å². The maximum Gasteiger partial charge on any atom is 0.241 e. The molecule has 1 heterocycles. The molecule has 0 saturated carbocycles. The Labute approximate surface area is 147 Å². The molecule has 1 fully saturated rings. The van der Waals surface area contributed by atoms with Gasteiger partial charge in [-0.1, -0.05) is 12.1 Å². The number of hydrogen-bond acceptors (Lipinski definition) is 4. The highest BCUT2D eigenvalue weighted by Crippen LogP contribution is 2.16. The molecule has 128 valence electrons. The molecule has 0 aromatic heterocycles. The van der Waals surface area contributed by atoms with E-state index in [4.69, 9.17) is 5.73 Å². The van der Waals surface area contributed by atoms with Crippen LogP contribution in [0.1, 0.15) is 24.8 Å². The van der Waals surface area contributed by atoms with Crippen LogP contribution in [0.25, 0.3) is 0 Å². The van der Waals surface area contributed by atoms with E-state index >= 15 is 0 Å². The largest absolute Gasteiger partial charge is 0.338 e. The first-order chi connectivity index (χ1) is 10.6. The summed E-state index contributed by atoms with van der Waals surface area (Å²) in [5, 5.41) is 2.83. The molecule has 0 aliphatic carbocycles. The van der Waals surface area contributed by atoms with Gasteiger partial charge in [-0.25, -0.2) is 0 Å². The lowest BCUT2D eigenvalue weighted by Gasteiger charge is -2.16. The van der Waals surface area contributed by atoms with E-state index in [1.54, 1.807) is 11.8 Å². The van der Waals surface area contributed by atoms with Gasteiger partial charge in [-0.15, -0.1) is 12.4 Å². The molecular formula is C16H24ClN3O2S. The van der Waals surface area contributed by atoms with Gasteiger partial charge in [0.25, 0.3) is 0 Å². The molecule has 23 heavy (non-hydrogen) atoms. The predicted octanol–water partition coefficient (Wildman–Crippen LogP) is 2.25. The number of halogens is 1. The molecule has 5 nitrogen and oxygen atoms in total. The fourth-order valence-corrected chi connectivity index (χ4v) is 2.89. The maximum atomic E-state index is 11.9. The molecule has 0 radical (unpaired) electrons. The molecule has 0 spiro atoms. The topological polar surface area (TPSA) is 75.4 Å². The second kappa shape index (κ2) is 9.80. The Hall–Kier alpha value is -1.24. The van der Waals surface area contributed by atoms with Gasteiger partial charge in [0.1, 0.15) is 0 Å². The summed E-state index contributed by atoms with van der Waals surface area (Å²) < 4.78 is 0. The van der Waals surface area contributed by atoms with Gasteiger partial charge in [-0.2, -0.15) is 11.8 Å². The van der Waals surface area contributed by atoms with Gasteiger partial charge in [-0.3, -0.25) is 9.59 Å². The molecule has 2 amide bonds. The van der Waals surface area contributed by atoms with Crippen LogP contribution < -0.4 is 11.1 Å². The van der Waals surface area contributed by atoms with E-state index in [9.17, 15) is 9.59 Å². The third-order valence-corrected chi connectivity index (χ3v) is 4.38. The van der Waals surface area contributed by atoms with Crippen molar-refractivity contribution in [2.45, 2.75) is 31.8 Å². The van der Waals surface area contributed by atoms with Crippen LogP contribution in [-0.4, -0.2) is 41.3 Å². The Balaban J connectivity index is 0.00000264. The van der Waals surface area contributed by atoms with Crippen molar-refractivity contribution in [1.82, 2.24) is 4.90 Å². The summed E-state index contributed by atoms with van der Waals surface area (Å²) in [6.07, 6.45) is 4.26. The fraction of sp³-hybridized carbons (Fsp3) is 0.500. The molecule has 2 rings (SSSR count). The summed E-state index contributed by atoms with van der Waals surface area (Å²) in [4.78, 5) is 25.4. The Morgan fingerprint density at radius 2 is 2.09 bits per heavy atom. The van der Waals surface area contributed by atoms with Crippen LogP contribution in [0.5, 0.6) is 0 Å². The van der Waals surface area contributed by atoms with Crippen molar-refractivity contribution in [2.24, 2.45) is 5.73 Å². The zero-order chi connectivity index (χ0) is 15.9. The lowest BCUT2D eigenvalue weighted by atomic mass is 10.1. The van der Waals surface area contributed by atoms with Gasteiger partial charge >= 0.3 is 0 Å². The predicted molar refractivity (Wildman–Crippen MR) is 97.9 cm³/mol. The number of carbonyl (C=O) groups is 2. The van der Waals surface area contributed by atoms with Crippen LogP contribution in [-0.2, 0) is 16.1 Å². The first-order valence-electron chi connectivity index (χ1n) is 7.52. The third kappa shape index (κ3) is 6.05. The number of thioether (sulfide) groups is 1.